The molecule has 0 radical (unpaired) electrons. The lowest BCUT2D eigenvalue weighted by molar-refractivity contribution is 0.158. The van der Waals surface area contributed by atoms with Gasteiger partial charge in [-0.2, -0.15) is 27.8 Å². The standard InChI is InChI=1S/C11H22N2O2S3/c1-2-18(14,15)13-5-3-12(4-6-13)11-9-16-7-8-17-10-11/h11H,2-10H2,1H3. The molecule has 4 nitrogen and oxygen atoms in total. The number of thioether (sulfide) groups is 2. The molecule has 2 fully saturated rings. The SMILES string of the molecule is CCS(=O)(=O)N1CCN(C2CSCCSC2)CC1. The van der Waals surface area contributed by atoms with Gasteiger partial charge in [0.15, 0.2) is 0 Å². The zero-order valence-corrected chi connectivity index (χ0v) is 13.3. The van der Waals surface area contributed by atoms with Crippen LogP contribution in [0.3, 0.4) is 0 Å². The molecule has 0 spiro atoms. The van der Waals surface area contributed by atoms with E-state index in [1.165, 1.54) is 23.0 Å². The summed E-state index contributed by atoms with van der Waals surface area (Å²) in [4.78, 5) is 2.48. The Morgan fingerprint density at radius 1 is 1.06 bits per heavy atom. The summed E-state index contributed by atoms with van der Waals surface area (Å²) in [6, 6.07) is 0.633. The minimum atomic E-state index is -2.99. The van der Waals surface area contributed by atoms with Crippen LogP contribution in [-0.4, -0.2) is 78.6 Å². The molecule has 0 aromatic carbocycles. The molecular formula is C11H22N2O2S3. The van der Waals surface area contributed by atoms with E-state index in [4.69, 9.17) is 0 Å². The van der Waals surface area contributed by atoms with Crippen molar-refractivity contribution in [3.63, 3.8) is 0 Å². The minimum absolute atomic E-state index is 0.224. The summed E-state index contributed by atoms with van der Waals surface area (Å²) in [5, 5.41) is 0. The molecule has 0 saturated carbocycles. The van der Waals surface area contributed by atoms with Gasteiger partial charge in [-0.25, -0.2) is 8.42 Å². The second kappa shape index (κ2) is 6.83. The van der Waals surface area contributed by atoms with Crippen molar-refractivity contribution in [2.75, 3.05) is 54.9 Å². The van der Waals surface area contributed by atoms with Gasteiger partial charge in [0.05, 0.1) is 5.75 Å². The summed E-state index contributed by atoms with van der Waals surface area (Å²) in [7, 11) is -2.99. The Morgan fingerprint density at radius 3 is 2.11 bits per heavy atom. The summed E-state index contributed by atoms with van der Waals surface area (Å²) in [5.74, 6) is 5.14. The highest BCUT2D eigenvalue weighted by Crippen LogP contribution is 2.21. The molecule has 0 aliphatic carbocycles. The van der Waals surface area contributed by atoms with Crippen molar-refractivity contribution in [3.8, 4) is 0 Å². The third kappa shape index (κ3) is 3.79. The van der Waals surface area contributed by atoms with Crippen LogP contribution in [0.1, 0.15) is 6.92 Å². The molecule has 0 aromatic heterocycles. The fourth-order valence-electron chi connectivity index (χ4n) is 2.34. The maximum atomic E-state index is 11.8. The molecule has 2 saturated heterocycles. The van der Waals surface area contributed by atoms with E-state index >= 15 is 0 Å². The third-order valence-electron chi connectivity index (χ3n) is 3.54. The molecule has 106 valence electrons. The van der Waals surface area contributed by atoms with Crippen LogP contribution in [0.4, 0.5) is 0 Å². The van der Waals surface area contributed by atoms with Crippen molar-refractivity contribution in [3.05, 3.63) is 0 Å². The van der Waals surface area contributed by atoms with Gasteiger partial charge in [0, 0.05) is 55.2 Å². The van der Waals surface area contributed by atoms with Crippen LogP contribution in [0.25, 0.3) is 0 Å². The molecule has 2 aliphatic heterocycles. The number of hydrogen-bond acceptors (Lipinski definition) is 5. The molecule has 2 aliphatic rings. The maximum absolute atomic E-state index is 11.8. The summed E-state index contributed by atoms with van der Waals surface area (Å²) in [6.45, 7) is 4.85. The number of rotatable bonds is 3. The molecule has 0 N–H and O–H groups in total. The van der Waals surface area contributed by atoms with E-state index in [1.807, 2.05) is 23.5 Å². The summed E-state index contributed by atoms with van der Waals surface area (Å²) < 4.78 is 25.2. The number of hydrogen-bond donors (Lipinski definition) is 0. The molecule has 18 heavy (non-hydrogen) atoms. The normalized spacial score (nSPS) is 26.1. The van der Waals surface area contributed by atoms with Crippen LogP contribution in [-0.2, 0) is 10.0 Å². The van der Waals surface area contributed by atoms with E-state index in [0.717, 1.165) is 13.1 Å². The highest BCUT2D eigenvalue weighted by atomic mass is 32.2. The third-order valence-corrected chi connectivity index (χ3v) is 7.91. The predicted molar refractivity (Wildman–Crippen MR) is 81.0 cm³/mol. The molecule has 0 aromatic rings. The average molecular weight is 311 g/mol. The topological polar surface area (TPSA) is 40.6 Å². The van der Waals surface area contributed by atoms with Crippen molar-refractivity contribution >= 4 is 33.5 Å². The fourth-order valence-corrected chi connectivity index (χ4v) is 6.06. The van der Waals surface area contributed by atoms with Gasteiger partial charge in [-0.1, -0.05) is 0 Å². The number of piperazine rings is 1. The number of sulfonamides is 1. The number of nitrogens with zero attached hydrogens (tertiary/aromatic N) is 2. The Bertz CT molecular complexity index is 345. The second-order valence-electron chi connectivity index (χ2n) is 4.64. The van der Waals surface area contributed by atoms with Crippen molar-refractivity contribution in [2.24, 2.45) is 0 Å². The summed E-state index contributed by atoms with van der Waals surface area (Å²) in [5.41, 5.74) is 0. The van der Waals surface area contributed by atoms with Crippen LogP contribution < -0.4 is 0 Å². The first kappa shape index (κ1) is 15.0. The van der Waals surface area contributed by atoms with Gasteiger partial charge < -0.3 is 0 Å². The zero-order valence-electron chi connectivity index (χ0n) is 10.9. The Balaban J connectivity index is 1.86. The van der Waals surface area contributed by atoms with Gasteiger partial charge in [0.25, 0.3) is 0 Å². The largest absolute Gasteiger partial charge is 0.296 e. The molecule has 2 rings (SSSR count). The lowest BCUT2D eigenvalue weighted by Crippen LogP contribution is -2.53. The molecule has 7 heteroatoms. The Labute approximate surface area is 119 Å². The van der Waals surface area contributed by atoms with Crippen molar-refractivity contribution in [1.29, 1.82) is 0 Å². The van der Waals surface area contributed by atoms with Crippen molar-refractivity contribution in [1.82, 2.24) is 9.21 Å². The van der Waals surface area contributed by atoms with E-state index in [1.54, 1.807) is 11.2 Å². The van der Waals surface area contributed by atoms with Crippen LogP contribution in [0.2, 0.25) is 0 Å². The Hall–Kier alpha value is 0.570. The quantitative estimate of drug-likeness (QED) is 0.771. The molecular weight excluding hydrogens is 288 g/mol. The van der Waals surface area contributed by atoms with Crippen LogP contribution in [0, 0.1) is 0 Å². The summed E-state index contributed by atoms with van der Waals surface area (Å²) >= 11 is 4.07. The van der Waals surface area contributed by atoms with E-state index in [2.05, 4.69) is 4.90 Å². The van der Waals surface area contributed by atoms with Gasteiger partial charge in [0.2, 0.25) is 10.0 Å². The molecule has 2 heterocycles. The van der Waals surface area contributed by atoms with Crippen molar-refractivity contribution in [2.45, 2.75) is 13.0 Å². The smallest absolute Gasteiger partial charge is 0.213 e. The Kier molecular flexibility index (Phi) is 5.68. The zero-order chi connectivity index (χ0) is 13.0. The maximum Gasteiger partial charge on any atom is 0.213 e. The average Bonchev–Trinajstić information content (AvgIpc) is 2.68. The van der Waals surface area contributed by atoms with Gasteiger partial charge >= 0.3 is 0 Å². The summed E-state index contributed by atoms with van der Waals surface area (Å²) in [6.07, 6.45) is 0. The predicted octanol–water partition coefficient (Wildman–Crippen LogP) is 0.802. The van der Waals surface area contributed by atoms with Gasteiger partial charge in [-0.3, -0.25) is 4.90 Å². The molecule has 0 bridgehead atoms. The first-order valence-corrected chi connectivity index (χ1v) is 10.4. The van der Waals surface area contributed by atoms with E-state index < -0.39 is 10.0 Å². The first-order valence-electron chi connectivity index (χ1n) is 6.51. The van der Waals surface area contributed by atoms with Crippen molar-refractivity contribution < 1.29 is 8.42 Å². The van der Waals surface area contributed by atoms with Gasteiger partial charge in [-0.05, 0) is 6.92 Å². The monoisotopic (exact) mass is 310 g/mol. The van der Waals surface area contributed by atoms with Gasteiger partial charge in [0.1, 0.15) is 0 Å². The van der Waals surface area contributed by atoms with Crippen LogP contribution in [0.5, 0.6) is 0 Å². The molecule has 0 atom stereocenters. The van der Waals surface area contributed by atoms with E-state index in [9.17, 15) is 8.42 Å². The van der Waals surface area contributed by atoms with Crippen LogP contribution >= 0.6 is 23.5 Å². The lowest BCUT2D eigenvalue weighted by atomic mass is 10.2. The van der Waals surface area contributed by atoms with Gasteiger partial charge in [-0.15, -0.1) is 0 Å². The highest BCUT2D eigenvalue weighted by molar-refractivity contribution is 8.03. The highest BCUT2D eigenvalue weighted by Gasteiger charge is 2.29. The minimum Gasteiger partial charge on any atom is -0.296 e. The molecule has 0 unspecified atom stereocenters. The van der Waals surface area contributed by atoms with E-state index in [0.29, 0.717) is 19.1 Å². The van der Waals surface area contributed by atoms with E-state index in [-0.39, 0.29) is 5.75 Å². The second-order valence-corrected chi connectivity index (χ2v) is 9.20. The Morgan fingerprint density at radius 2 is 1.61 bits per heavy atom. The van der Waals surface area contributed by atoms with Crippen LogP contribution in [0.15, 0.2) is 0 Å². The lowest BCUT2D eigenvalue weighted by Gasteiger charge is -2.38. The molecule has 0 amide bonds. The first-order chi connectivity index (χ1) is 8.63. The fraction of sp³-hybridized carbons (Fsp3) is 1.00.